The van der Waals surface area contributed by atoms with E-state index >= 15 is 0 Å². The van der Waals surface area contributed by atoms with Crippen LogP contribution in [0.5, 0.6) is 5.75 Å². The van der Waals surface area contributed by atoms with E-state index in [0.717, 1.165) is 0 Å². The molecular weight excluding hydrogens is 348 g/mol. The molecule has 0 aliphatic carbocycles. The second kappa shape index (κ2) is 9.19. The molecule has 0 aliphatic heterocycles. The van der Waals surface area contributed by atoms with Crippen LogP contribution < -0.4 is 4.89 Å². The van der Waals surface area contributed by atoms with Gasteiger partial charge in [0.1, 0.15) is 5.56 Å². The number of esters is 2. The van der Waals surface area contributed by atoms with Crippen LogP contribution in [-0.2, 0) is 14.4 Å². The molecule has 6 nitrogen and oxygen atoms in total. The standard InChI is InChI=1S/C21H24O6/c1-13(2)25-20(22)17-10-7-6-9-15(17)16-11-8-12-18(27-24-5)19(16)21(23)26-14(3)4/h6-14H,1-5H3. The molecule has 0 atom stereocenters. The number of benzene rings is 2. The van der Waals surface area contributed by atoms with Crippen LogP contribution in [0.2, 0.25) is 0 Å². The Bertz CT molecular complexity index is 810. The summed E-state index contributed by atoms with van der Waals surface area (Å²) in [5, 5.41) is 0. The van der Waals surface area contributed by atoms with Gasteiger partial charge >= 0.3 is 11.9 Å². The zero-order chi connectivity index (χ0) is 20.0. The monoisotopic (exact) mass is 372 g/mol. The predicted molar refractivity (Wildman–Crippen MR) is 101 cm³/mol. The minimum Gasteiger partial charge on any atom is -0.459 e. The van der Waals surface area contributed by atoms with E-state index in [1.54, 1.807) is 70.2 Å². The van der Waals surface area contributed by atoms with Crippen LogP contribution in [0.3, 0.4) is 0 Å². The Morgan fingerprint density at radius 3 is 2.00 bits per heavy atom. The van der Waals surface area contributed by atoms with Crippen LogP contribution in [0.1, 0.15) is 48.4 Å². The van der Waals surface area contributed by atoms with E-state index in [1.165, 1.54) is 7.11 Å². The van der Waals surface area contributed by atoms with Crippen molar-refractivity contribution in [1.29, 1.82) is 0 Å². The molecule has 0 saturated carbocycles. The lowest BCUT2D eigenvalue weighted by Crippen LogP contribution is -2.16. The lowest BCUT2D eigenvalue weighted by molar-refractivity contribution is -0.178. The van der Waals surface area contributed by atoms with Gasteiger partial charge in [-0.15, -0.1) is 0 Å². The average molecular weight is 372 g/mol. The summed E-state index contributed by atoms with van der Waals surface area (Å²) < 4.78 is 10.7. The Morgan fingerprint density at radius 1 is 0.778 bits per heavy atom. The fourth-order valence-corrected chi connectivity index (χ4v) is 2.57. The van der Waals surface area contributed by atoms with Crippen LogP contribution in [0.25, 0.3) is 11.1 Å². The third-order valence-electron chi connectivity index (χ3n) is 3.53. The van der Waals surface area contributed by atoms with Crippen molar-refractivity contribution in [1.82, 2.24) is 0 Å². The number of carbonyl (C=O) groups excluding carboxylic acids is 2. The first-order chi connectivity index (χ1) is 12.8. The summed E-state index contributed by atoms with van der Waals surface area (Å²) in [4.78, 5) is 35.1. The molecule has 27 heavy (non-hydrogen) atoms. The Labute approximate surface area is 158 Å². The molecule has 0 aliphatic rings. The molecule has 0 fully saturated rings. The Balaban J connectivity index is 2.64. The van der Waals surface area contributed by atoms with E-state index < -0.39 is 11.9 Å². The second-order valence-corrected chi connectivity index (χ2v) is 6.38. The molecule has 0 aromatic heterocycles. The van der Waals surface area contributed by atoms with E-state index in [9.17, 15) is 9.59 Å². The first-order valence-corrected chi connectivity index (χ1v) is 8.70. The SMILES string of the molecule is COOc1cccc(-c2ccccc2C(=O)OC(C)C)c1C(=O)OC(C)C. The van der Waals surface area contributed by atoms with Crippen LogP contribution >= 0.6 is 0 Å². The van der Waals surface area contributed by atoms with Gasteiger partial charge in [0.2, 0.25) is 0 Å². The van der Waals surface area contributed by atoms with Crippen LogP contribution in [0.4, 0.5) is 0 Å². The summed E-state index contributed by atoms with van der Waals surface area (Å²) in [6.45, 7) is 7.06. The third kappa shape index (κ3) is 5.08. The molecule has 2 aromatic carbocycles. The third-order valence-corrected chi connectivity index (χ3v) is 3.53. The lowest BCUT2D eigenvalue weighted by atomic mass is 9.94. The maximum absolute atomic E-state index is 12.7. The molecule has 0 bridgehead atoms. The van der Waals surface area contributed by atoms with Crippen molar-refractivity contribution >= 4 is 11.9 Å². The normalized spacial score (nSPS) is 10.8. The van der Waals surface area contributed by atoms with Gasteiger partial charge < -0.3 is 14.4 Å². The minimum absolute atomic E-state index is 0.179. The summed E-state index contributed by atoms with van der Waals surface area (Å²) in [6, 6.07) is 11.9. The van der Waals surface area contributed by atoms with Crippen molar-refractivity contribution in [2.45, 2.75) is 39.9 Å². The number of hydrogen-bond donors (Lipinski definition) is 0. The molecule has 2 rings (SSSR count). The van der Waals surface area contributed by atoms with Gasteiger partial charge in [-0.3, -0.25) is 0 Å². The fourth-order valence-electron chi connectivity index (χ4n) is 2.57. The van der Waals surface area contributed by atoms with Crippen LogP contribution in [0, 0.1) is 0 Å². The van der Waals surface area contributed by atoms with E-state index in [0.29, 0.717) is 16.7 Å². The summed E-state index contributed by atoms with van der Waals surface area (Å²) in [5.41, 5.74) is 1.56. The molecule has 0 heterocycles. The molecule has 144 valence electrons. The Kier molecular flexibility index (Phi) is 6.96. The molecule has 0 saturated heterocycles. The van der Waals surface area contributed by atoms with E-state index in [-0.39, 0.29) is 23.5 Å². The van der Waals surface area contributed by atoms with E-state index in [1.807, 2.05) is 0 Å². The Hall–Kier alpha value is -2.86. The molecule has 0 amide bonds. The smallest absolute Gasteiger partial charge is 0.342 e. The van der Waals surface area contributed by atoms with Gasteiger partial charge in [0, 0.05) is 5.56 Å². The second-order valence-electron chi connectivity index (χ2n) is 6.38. The number of rotatable bonds is 7. The van der Waals surface area contributed by atoms with Crippen LogP contribution in [-0.4, -0.2) is 31.3 Å². The summed E-state index contributed by atoms with van der Waals surface area (Å²) in [5.74, 6) is -0.839. The maximum atomic E-state index is 12.7. The summed E-state index contributed by atoms with van der Waals surface area (Å²) >= 11 is 0. The molecule has 0 unspecified atom stereocenters. The summed E-state index contributed by atoms with van der Waals surface area (Å²) in [7, 11) is 1.35. The first-order valence-electron chi connectivity index (χ1n) is 8.70. The highest BCUT2D eigenvalue weighted by molar-refractivity contribution is 6.04. The minimum atomic E-state index is -0.570. The molecule has 2 aromatic rings. The van der Waals surface area contributed by atoms with Crippen molar-refractivity contribution < 1.29 is 28.8 Å². The van der Waals surface area contributed by atoms with Gasteiger partial charge in [-0.05, 0) is 45.4 Å². The molecular formula is C21H24O6. The first kappa shape index (κ1) is 20.5. The van der Waals surface area contributed by atoms with Crippen molar-refractivity contribution in [3.63, 3.8) is 0 Å². The van der Waals surface area contributed by atoms with Crippen molar-refractivity contribution in [2.24, 2.45) is 0 Å². The molecule has 0 N–H and O–H groups in total. The number of hydrogen-bond acceptors (Lipinski definition) is 6. The highest BCUT2D eigenvalue weighted by Gasteiger charge is 2.25. The summed E-state index contributed by atoms with van der Waals surface area (Å²) in [6.07, 6.45) is -0.582. The van der Waals surface area contributed by atoms with Gasteiger partial charge in [-0.2, -0.15) is 4.89 Å². The fraction of sp³-hybridized carbons (Fsp3) is 0.333. The molecule has 6 heteroatoms. The van der Waals surface area contributed by atoms with Crippen molar-refractivity contribution in [3.05, 3.63) is 53.6 Å². The number of carbonyl (C=O) groups is 2. The highest BCUT2D eigenvalue weighted by Crippen LogP contribution is 2.34. The Morgan fingerprint density at radius 2 is 1.37 bits per heavy atom. The largest absolute Gasteiger partial charge is 0.459 e. The maximum Gasteiger partial charge on any atom is 0.342 e. The highest BCUT2D eigenvalue weighted by atomic mass is 17.2. The topological polar surface area (TPSA) is 71.1 Å². The van der Waals surface area contributed by atoms with Crippen LogP contribution in [0.15, 0.2) is 42.5 Å². The van der Waals surface area contributed by atoms with Gasteiger partial charge in [-0.25, -0.2) is 9.59 Å². The van der Waals surface area contributed by atoms with E-state index in [2.05, 4.69) is 0 Å². The predicted octanol–water partition coefficient (Wildman–Crippen LogP) is 4.42. The van der Waals surface area contributed by atoms with Gasteiger partial charge in [0.25, 0.3) is 0 Å². The molecule has 0 spiro atoms. The van der Waals surface area contributed by atoms with Gasteiger partial charge in [0.05, 0.1) is 24.9 Å². The number of ether oxygens (including phenoxy) is 2. The van der Waals surface area contributed by atoms with Gasteiger partial charge in [0.15, 0.2) is 5.75 Å². The molecule has 0 radical (unpaired) electrons. The van der Waals surface area contributed by atoms with E-state index in [4.69, 9.17) is 19.2 Å². The zero-order valence-corrected chi connectivity index (χ0v) is 16.1. The van der Waals surface area contributed by atoms with Crippen molar-refractivity contribution in [3.8, 4) is 16.9 Å². The quantitative estimate of drug-likeness (QED) is 0.407. The van der Waals surface area contributed by atoms with Crippen molar-refractivity contribution in [2.75, 3.05) is 7.11 Å². The van der Waals surface area contributed by atoms with Gasteiger partial charge in [-0.1, -0.05) is 30.3 Å². The zero-order valence-electron chi connectivity index (χ0n) is 16.1. The lowest BCUT2D eigenvalue weighted by Gasteiger charge is -2.17. The average Bonchev–Trinajstić information content (AvgIpc) is 2.60.